The summed E-state index contributed by atoms with van der Waals surface area (Å²) in [7, 11) is 0. The van der Waals surface area contributed by atoms with E-state index in [-0.39, 0.29) is 5.95 Å². The SMILES string of the molecule is CCCN(CC)CCNc1nc(N)nc(-n2cccn2)n1. The highest BCUT2D eigenvalue weighted by atomic mass is 15.4. The monoisotopic (exact) mass is 290 g/mol. The Morgan fingerprint density at radius 1 is 1.24 bits per heavy atom. The molecule has 0 spiro atoms. The van der Waals surface area contributed by atoms with Crippen LogP contribution in [0.1, 0.15) is 20.3 Å². The van der Waals surface area contributed by atoms with Crippen LogP contribution in [-0.2, 0) is 0 Å². The molecule has 2 aromatic rings. The molecule has 8 nitrogen and oxygen atoms in total. The van der Waals surface area contributed by atoms with Gasteiger partial charge in [0.05, 0.1) is 0 Å². The molecule has 0 unspecified atom stereocenters. The number of rotatable bonds is 8. The smallest absolute Gasteiger partial charge is 0.257 e. The predicted octanol–water partition coefficient (Wildman–Crippen LogP) is 0.783. The van der Waals surface area contributed by atoms with Crippen molar-refractivity contribution in [2.75, 3.05) is 37.2 Å². The lowest BCUT2D eigenvalue weighted by atomic mass is 10.4. The molecule has 0 aliphatic carbocycles. The average Bonchev–Trinajstić information content (AvgIpc) is 3.00. The first kappa shape index (κ1) is 15.2. The molecule has 0 aliphatic heterocycles. The molecule has 2 heterocycles. The van der Waals surface area contributed by atoms with Crippen molar-refractivity contribution in [2.24, 2.45) is 0 Å². The van der Waals surface area contributed by atoms with Gasteiger partial charge >= 0.3 is 0 Å². The molecule has 114 valence electrons. The van der Waals surface area contributed by atoms with Crippen LogP contribution < -0.4 is 11.1 Å². The second kappa shape index (κ2) is 7.53. The molecular weight excluding hydrogens is 268 g/mol. The van der Waals surface area contributed by atoms with E-state index in [2.05, 4.69) is 44.1 Å². The summed E-state index contributed by atoms with van der Waals surface area (Å²) in [6.45, 7) is 8.16. The second-order valence-corrected chi connectivity index (χ2v) is 4.63. The Balaban J connectivity index is 1.97. The molecule has 0 saturated carbocycles. The van der Waals surface area contributed by atoms with Gasteiger partial charge in [-0.1, -0.05) is 13.8 Å². The van der Waals surface area contributed by atoms with Gasteiger partial charge in [-0.15, -0.1) is 0 Å². The zero-order valence-corrected chi connectivity index (χ0v) is 12.5. The molecule has 21 heavy (non-hydrogen) atoms. The average molecular weight is 290 g/mol. The van der Waals surface area contributed by atoms with Crippen LogP contribution in [0.15, 0.2) is 18.5 Å². The van der Waals surface area contributed by atoms with Crippen molar-refractivity contribution in [3.05, 3.63) is 18.5 Å². The minimum Gasteiger partial charge on any atom is -0.368 e. The number of nitrogens with one attached hydrogen (secondary N) is 1. The first-order chi connectivity index (χ1) is 10.2. The molecule has 0 radical (unpaired) electrons. The van der Waals surface area contributed by atoms with Crippen LogP contribution >= 0.6 is 0 Å². The molecule has 8 heteroatoms. The molecule has 0 aromatic carbocycles. The Morgan fingerprint density at radius 2 is 2.10 bits per heavy atom. The van der Waals surface area contributed by atoms with Gasteiger partial charge in [-0.25, -0.2) is 4.68 Å². The Morgan fingerprint density at radius 3 is 2.76 bits per heavy atom. The van der Waals surface area contributed by atoms with Gasteiger partial charge in [-0.3, -0.25) is 0 Å². The molecule has 0 saturated heterocycles. The van der Waals surface area contributed by atoms with Crippen LogP contribution in [0, 0.1) is 0 Å². The first-order valence-corrected chi connectivity index (χ1v) is 7.20. The lowest BCUT2D eigenvalue weighted by Gasteiger charge is -2.19. The second-order valence-electron chi connectivity index (χ2n) is 4.63. The Labute approximate surface area is 124 Å². The number of anilines is 2. The summed E-state index contributed by atoms with van der Waals surface area (Å²) in [6.07, 6.45) is 4.57. The zero-order valence-electron chi connectivity index (χ0n) is 12.5. The van der Waals surface area contributed by atoms with Crippen molar-refractivity contribution in [3.63, 3.8) is 0 Å². The van der Waals surface area contributed by atoms with Gasteiger partial charge in [0.25, 0.3) is 5.95 Å². The van der Waals surface area contributed by atoms with Crippen molar-refractivity contribution in [2.45, 2.75) is 20.3 Å². The topological polar surface area (TPSA) is 97.8 Å². The molecule has 0 fully saturated rings. The summed E-state index contributed by atoms with van der Waals surface area (Å²) < 4.78 is 1.55. The van der Waals surface area contributed by atoms with E-state index in [9.17, 15) is 0 Å². The summed E-state index contributed by atoms with van der Waals surface area (Å²) in [5.74, 6) is 1.07. The summed E-state index contributed by atoms with van der Waals surface area (Å²) >= 11 is 0. The fraction of sp³-hybridized carbons (Fsp3) is 0.538. The fourth-order valence-corrected chi connectivity index (χ4v) is 2.02. The third-order valence-corrected chi connectivity index (χ3v) is 3.05. The molecule has 0 aliphatic rings. The number of hydrogen-bond donors (Lipinski definition) is 2. The van der Waals surface area contributed by atoms with Gasteiger partial charge in [0.1, 0.15) is 0 Å². The minimum absolute atomic E-state index is 0.180. The van der Waals surface area contributed by atoms with E-state index in [0.29, 0.717) is 11.9 Å². The van der Waals surface area contributed by atoms with Crippen molar-refractivity contribution in [1.29, 1.82) is 0 Å². The zero-order chi connectivity index (χ0) is 15.1. The third-order valence-electron chi connectivity index (χ3n) is 3.05. The van der Waals surface area contributed by atoms with E-state index < -0.39 is 0 Å². The summed E-state index contributed by atoms with van der Waals surface area (Å²) in [5.41, 5.74) is 5.72. The van der Waals surface area contributed by atoms with E-state index in [1.165, 1.54) is 0 Å². The lowest BCUT2D eigenvalue weighted by molar-refractivity contribution is 0.300. The number of nitrogen functional groups attached to an aromatic ring is 1. The van der Waals surface area contributed by atoms with Crippen molar-refractivity contribution in [1.82, 2.24) is 29.6 Å². The van der Waals surface area contributed by atoms with E-state index >= 15 is 0 Å². The quantitative estimate of drug-likeness (QED) is 0.741. The Bertz CT molecular complexity index is 539. The maximum atomic E-state index is 5.72. The van der Waals surface area contributed by atoms with E-state index in [1.54, 1.807) is 23.1 Å². The highest BCUT2D eigenvalue weighted by Crippen LogP contribution is 2.06. The number of hydrogen-bond acceptors (Lipinski definition) is 7. The normalized spacial score (nSPS) is 11.0. The maximum Gasteiger partial charge on any atom is 0.257 e. The highest BCUT2D eigenvalue weighted by molar-refractivity contribution is 5.34. The number of nitrogens with two attached hydrogens (primary N) is 1. The van der Waals surface area contributed by atoms with Crippen LogP contribution in [0.4, 0.5) is 11.9 Å². The minimum atomic E-state index is 0.180. The van der Waals surface area contributed by atoms with Crippen LogP contribution in [0.5, 0.6) is 0 Å². The molecule has 0 atom stereocenters. The van der Waals surface area contributed by atoms with Gasteiger partial charge < -0.3 is 16.0 Å². The van der Waals surface area contributed by atoms with Crippen LogP contribution in [0.3, 0.4) is 0 Å². The van der Waals surface area contributed by atoms with E-state index in [1.807, 2.05) is 0 Å². The Hall–Kier alpha value is -2.22. The van der Waals surface area contributed by atoms with E-state index in [4.69, 9.17) is 5.73 Å². The number of aromatic nitrogens is 5. The van der Waals surface area contributed by atoms with Gasteiger partial charge in [0.15, 0.2) is 0 Å². The van der Waals surface area contributed by atoms with Crippen molar-refractivity contribution < 1.29 is 0 Å². The molecule has 2 rings (SSSR count). The van der Waals surface area contributed by atoms with Gasteiger partial charge in [-0.2, -0.15) is 20.1 Å². The van der Waals surface area contributed by atoms with E-state index in [0.717, 1.165) is 32.6 Å². The summed E-state index contributed by atoms with van der Waals surface area (Å²) in [5, 5.41) is 7.27. The third kappa shape index (κ3) is 4.38. The standard InChI is InChI=1S/C13H22N8/c1-3-8-20(4-2)10-7-15-12-17-11(14)18-13(19-12)21-9-5-6-16-21/h5-6,9H,3-4,7-8,10H2,1-2H3,(H3,14,15,17,18,19). The fourth-order valence-electron chi connectivity index (χ4n) is 2.02. The van der Waals surface area contributed by atoms with Gasteiger partial charge in [0, 0.05) is 25.5 Å². The molecule has 0 bridgehead atoms. The lowest BCUT2D eigenvalue weighted by Crippen LogP contribution is -2.30. The van der Waals surface area contributed by atoms with Crippen LogP contribution in [-0.4, -0.2) is 55.8 Å². The molecular formula is C13H22N8. The van der Waals surface area contributed by atoms with Crippen molar-refractivity contribution >= 4 is 11.9 Å². The highest BCUT2D eigenvalue weighted by Gasteiger charge is 2.07. The van der Waals surface area contributed by atoms with Crippen LogP contribution in [0.25, 0.3) is 5.95 Å². The van der Waals surface area contributed by atoms with Gasteiger partial charge in [-0.05, 0) is 25.6 Å². The molecule has 3 N–H and O–H groups in total. The number of likely N-dealkylation sites (N-methyl/N-ethyl adjacent to an activating group) is 1. The van der Waals surface area contributed by atoms with Crippen LogP contribution in [0.2, 0.25) is 0 Å². The number of nitrogens with zero attached hydrogens (tertiary/aromatic N) is 6. The van der Waals surface area contributed by atoms with Gasteiger partial charge in [0.2, 0.25) is 11.9 Å². The Kier molecular flexibility index (Phi) is 5.44. The summed E-state index contributed by atoms with van der Waals surface area (Å²) in [4.78, 5) is 14.8. The van der Waals surface area contributed by atoms with Crippen molar-refractivity contribution in [3.8, 4) is 5.95 Å². The predicted molar refractivity (Wildman–Crippen MR) is 82.3 cm³/mol. The molecule has 2 aromatic heterocycles. The first-order valence-electron chi connectivity index (χ1n) is 7.20. The summed E-state index contributed by atoms with van der Waals surface area (Å²) in [6, 6.07) is 1.80. The largest absolute Gasteiger partial charge is 0.368 e. The molecule has 0 amide bonds. The maximum absolute atomic E-state index is 5.72.